The molecular formula is C19H25O4PTi. The van der Waals surface area contributed by atoms with Crippen LogP contribution in [0.5, 0.6) is 11.5 Å². The SMILES string of the molecule is COc1cc2cc[cH-]c2cc1OC.C[O-].C[O-].Cc1[c-]c(C)[pH]c1.[Ti+4]. The van der Waals surface area contributed by atoms with Gasteiger partial charge < -0.3 is 19.7 Å². The Morgan fingerprint density at radius 1 is 1.00 bits per heavy atom. The second-order valence-electron chi connectivity index (χ2n) is 4.58. The summed E-state index contributed by atoms with van der Waals surface area (Å²) in [4.78, 5) is 0. The van der Waals surface area contributed by atoms with E-state index in [1.54, 1.807) is 14.2 Å². The average molecular weight is 396 g/mol. The van der Waals surface area contributed by atoms with Gasteiger partial charge in [-0.05, 0) is 0 Å². The summed E-state index contributed by atoms with van der Waals surface area (Å²) in [7, 11) is 5.70. The maximum atomic E-state index is 8.25. The van der Waals surface area contributed by atoms with E-state index >= 15 is 0 Å². The largest absolute Gasteiger partial charge is 4.00 e. The minimum absolute atomic E-state index is 0. The molecule has 3 rings (SSSR count). The molecule has 4 nitrogen and oxygen atoms in total. The Morgan fingerprint density at radius 2 is 1.56 bits per heavy atom. The Balaban J connectivity index is 0. The molecule has 1 unspecified atom stereocenters. The zero-order valence-corrected chi connectivity index (χ0v) is 18.2. The van der Waals surface area contributed by atoms with Gasteiger partial charge in [0.2, 0.25) is 0 Å². The molecule has 1 atom stereocenters. The Kier molecular flexibility index (Phi) is 15.8. The van der Waals surface area contributed by atoms with E-state index in [0.29, 0.717) is 0 Å². The minimum Gasteiger partial charge on any atom is -0.857 e. The molecule has 0 fully saturated rings. The van der Waals surface area contributed by atoms with E-state index in [1.807, 2.05) is 18.2 Å². The Bertz CT molecular complexity index is 637. The summed E-state index contributed by atoms with van der Waals surface area (Å²) in [5.41, 5.74) is 1.30. The van der Waals surface area contributed by atoms with Gasteiger partial charge in [-0.1, -0.05) is 26.0 Å². The summed E-state index contributed by atoms with van der Waals surface area (Å²) in [6.45, 7) is 4.20. The number of methoxy groups -OCH3 is 2. The summed E-state index contributed by atoms with van der Waals surface area (Å²) in [5.74, 6) is 3.78. The molecule has 1 heterocycles. The van der Waals surface area contributed by atoms with Gasteiger partial charge in [-0.3, -0.25) is 0 Å². The van der Waals surface area contributed by atoms with Crippen molar-refractivity contribution in [3.63, 3.8) is 0 Å². The molecule has 25 heavy (non-hydrogen) atoms. The zero-order valence-electron chi connectivity index (χ0n) is 15.6. The van der Waals surface area contributed by atoms with Gasteiger partial charge in [-0.2, -0.15) is 32.2 Å². The van der Waals surface area contributed by atoms with Crippen LogP contribution in [0.1, 0.15) is 10.9 Å². The fourth-order valence-corrected chi connectivity index (χ4v) is 2.81. The summed E-state index contributed by atoms with van der Waals surface area (Å²) in [5, 5.41) is 20.2. The van der Waals surface area contributed by atoms with E-state index in [4.69, 9.17) is 19.7 Å². The van der Waals surface area contributed by atoms with E-state index in [9.17, 15) is 0 Å². The maximum Gasteiger partial charge on any atom is 4.00 e. The van der Waals surface area contributed by atoms with Crippen LogP contribution in [0, 0.1) is 19.9 Å². The van der Waals surface area contributed by atoms with Crippen molar-refractivity contribution in [3.8, 4) is 11.5 Å². The zero-order chi connectivity index (χ0) is 18.5. The first-order chi connectivity index (χ1) is 11.6. The van der Waals surface area contributed by atoms with Gasteiger partial charge in [-0.25, -0.2) is 19.8 Å². The van der Waals surface area contributed by atoms with Crippen molar-refractivity contribution in [2.45, 2.75) is 13.8 Å². The van der Waals surface area contributed by atoms with Crippen molar-refractivity contribution < 1.29 is 41.4 Å². The second kappa shape index (κ2) is 15.1. The first kappa shape index (κ1) is 26.1. The van der Waals surface area contributed by atoms with E-state index in [1.165, 1.54) is 21.6 Å². The molecule has 3 aromatic rings. The molecular weight excluding hydrogens is 371 g/mol. The van der Waals surface area contributed by atoms with Crippen molar-refractivity contribution >= 4 is 19.0 Å². The van der Waals surface area contributed by atoms with Crippen molar-refractivity contribution in [2.75, 3.05) is 28.4 Å². The van der Waals surface area contributed by atoms with Crippen molar-refractivity contribution in [2.24, 2.45) is 0 Å². The molecule has 134 valence electrons. The third-order valence-corrected chi connectivity index (χ3v) is 4.17. The van der Waals surface area contributed by atoms with Gasteiger partial charge in [0.25, 0.3) is 0 Å². The van der Waals surface area contributed by atoms with Crippen LogP contribution >= 0.6 is 8.19 Å². The number of hydrogen-bond acceptors (Lipinski definition) is 4. The van der Waals surface area contributed by atoms with E-state index in [2.05, 4.69) is 37.8 Å². The fraction of sp³-hybridized carbons (Fsp3) is 0.316. The van der Waals surface area contributed by atoms with Crippen LogP contribution in [0.3, 0.4) is 0 Å². The predicted molar refractivity (Wildman–Crippen MR) is 98.7 cm³/mol. The van der Waals surface area contributed by atoms with Crippen LogP contribution in [0.25, 0.3) is 10.8 Å². The van der Waals surface area contributed by atoms with Crippen LogP contribution in [-0.2, 0) is 21.7 Å². The van der Waals surface area contributed by atoms with Crippen molar-refractivity contribution in [3.05, 3.63) is 53.1 Å². The van der Waals surface area contributed by atoms with Crippen LogP contribution in [-0.4, -0.2) is 28.4 Å². The predicted octanol–water partition coefficient (Wildman–Crippen LogP) is 2.66. The van der Waals surface area contributed by atoms with Gasteiger partial charge in [-0.15, -0.1) is 22.1 Å². The van der Waals surface area contributed by atoms with Gasteiger partial charge in [0, 0.05) is 0 Å². The van der Waals surface area contributed by atoms with Gasteiger partial charge >= 0.3 is 21.7 Å². The molecule has 0 saturated carbocycles. The van der Waals surface area contributed by atoms with Gasteiger partial charge in [0.05, 0.1) is 14.2 Å². The number of fused-ring (bicyclic) bond motifs is 1. The molecule has 2 aromatic carbocycles. The van der Waals surface area contributed by atoms with Crippen molar-refractivity contribution in [1.82, 2.24) is 0 Å². The molecule has 0 amide bonds. The third-order valence-electron chi connectivity index (χ3n) is 3.03. The van der Waals surface area contributed by atoms with E-state index < -0.39 is 0 Å². The fourth-order valence-electron chi connectivity index (χ4n) is 2.04. The monoisotopic (exact) mass is 396 g/mol. The summed E-state index contributed by atoms with van der Waals surface area (Å²) < 4.78 is 10.4. The van der Waals surface area contributed by atoms with Gasteiger partial charge in [0.15, 0.2) is 0 Å². The molecule has 0 radical (unpaired) electrons. The Hall–Kier alpha value is -1.16. The van der Waals surface area contributed by atoms with Crippen LogP contribution in [0.4, 0.5) is 0 Å². The number of aryl methyl sites for hydroxylation is 2. The number of rotatable bonds is 2. The average Bonchev–Trinajstić information content (AvgIpc) is 3.25. The Labute approximate surface area is 167 Å². The molecule has 1 aromatic heterocycles. The molecule has 0 aliphatic carbocycles. The quantitative estimate of drug-likeness (QED) is 0.494. The summed E-state index contributed by atoms with van der Waals surface area (Å²) in [6.07, 6.45) is 0. The minimum atomic E-state index is 0. The van der Waals surface area contributed by atoms with Crippen LogP contribution in [0.15, 0.2) is 36.1 Å². The molecule has 0 aliphatic heterocycles. The number of hydrogen-bond donors (Lipinski definition) is 0. The van der Waals surface area contributed by atoms with E-state index in [0.717, 1.165) is 33.9 Å². The molecule has 0 bridgehead atoms. The standard InChI is InChI=1S/C11H11O2.C6H8P.2CH3O.Ti/c1-12-10-6-8-4-3-5-9(8)7-11(10)13-2;1-5-3-6(2)7-4-5;2*1-2;/h3-7H,1-2H3;4,7H,1-2H3;2*1H3;/q4*-1;+4. The molecule has 0 aliphatic rings. The first-order valence-electron chi connectivity index (χ1n) is 7.27. The smallest absolute Gasteiger partial charge is 0.857 e. The Morgan fingerprint density at radius 3 is 1.96 bits per heavy atom. The molecule has 6 heteroatoms. The molecule has 0 spiro atoms. The second-order valence-corrected chi connectivity index (χ2v) is 5.91. The van der Waals surface area contributed by atoms with Crippen molar-refractivity contribution in [1.29, 1.82) is 0 Å². The summed E-state index contributed by atoms with van der Waals surface area (Å²) in [6, 6.07) is 13.3. The number of benzene rings is 1. The number of ether oxygens (including phenoxy) is 2. The van der Waals surface area contributed by atoms with Crippen LogP contribution < -0.4 is 19.7 Å². The van der Waals surface area contributed by atoms with E-state index in [-0.39, 0.29) is 21.7 Å². The molecule has 0 N–H and O–H groups in total. The normalized spacial score (nSPS) is 8.80. The van der Waals surface area contributed by atoms with Gasteiger partial charge in [0.1, 0.15) is 11.5 Å². The maximum absolute atomic E-state index is 8.25. The molecule has 0 saturated heterocycles. The summed E-state index contributed by atoms with van der Waals surface area (Å²) >= 11 is 0. The topological polar surface area (TPSA) is 64.6 Å². The third kappa shape index (κ3) is 8.67. The van der Waals surface area contributed by atoms with Crippen LogP contribution in [0.2, 0.25) is 0 Å². The first-order valence-corrected chi connectivity index (χ1v) is 8.34.